The molecule has 1 unspecified atom stereocenters. The van der Waals surface area contributed by atoms with E-state index in [-0.39, 0.29) is 28.5 Å². The first-order chi connectivity index (χ1) is 16.5. The van der Waals surface area contributed by atoms with Gasteiger partial charge < -0.3 is 24.9 Å². The van der Waals surface area contributed by atoms with Gasteiger partial charge >= 0.3 is 0 Å². The van der Waals surface area contributed by atoms with Gasteiger partial charge in [0.1, 0.15) is 17.4 Å². The Labute approximate surface area is 207 Å². The second-order valence-electron chi connectivity index (χ2n) is 12.0. The molecule has 2 atom stereocenters. The molecule has 1 saturated carbocycles. The van der Waals surface area contributed by atoms with Crippen LogP contribution in [0.1, 0.15) is 69.8 Å². The molecule has 0 radical (unpaired) electrons. The molecule has 9 nitrogen and oxygen atoms in total. The molecule has 10 heteroatoms. The lowest BCUT2D eigenvalue weighted by molar-refractivity contribution is -0.124. The number of carbonyl (C=O) groups excluding carboxylic acids is 2. The van der Waals surface area contributed by atoms with Crippen LogP contribution in [0.2, 0.25) is 18.1 Å². The van der Waals surface area contributed by atoms with E-state index in [1.54, 1.807) is 6.20 Å². The topological polar surface area (TPSA) is 110 Å². The van der Waals surface area contributed by atoms with Crippen molar-refractivity contribution in [1.82, 2.24) is 25.2 Å². The summed E-state index contributed by atoms with van der Waals surface area (Å²) < 4.78 is 8.72. The molecule has 3 N–H and O–H groups in total. The van der Waals surface area contributed by atoms with E-state index in [1.165, 1.54) is 6.42 Å². The molecule has 2 aromatic heterocycles. The van der Waals surface area contributed by atoms with Crippen molar-refractivity contribution >= 4 is 37.1 Å². The number of nitrogens with zero attached hydrogens (tertiary/aromatic N) is 3. The summed E-state index contributed by atoms with van der Waals surface area (Å²) in [6.45, 7) is 12.3. The van der Waals surface area contributed by atoms with Gasteiger partial charge in [0.25, 0.3) is 5.91 Å². The number of anilines is 1. The van der Waals surface area contributed by atoms with Crippen molar-refractivity contribution in [2.24, 2.45) is 0 Å². The number of nitrogens with one attached hydrogen (secondary N) is 3. The Morgan fingerprint density at radius 2 is 1.91 bits per heavy atom. The van der Waals surface area contributed by atoms with E-state index in [2.05, 4.69) is 59.4 Å². The molecule has 2 aromatic rings. The van der Waals surface area contributed by atoms with Crippen LogP contribution in [0.25, 0.3) is 11.0 Å². The third kappa shape index (κ3) is 4.35. The predicted octanol–water partition coefficient (Wildman–Crippen LogP) is 3.52. The average molecular weight is 499 g/mol. The SMILES string of the molecule is CC(C)(C)[Si](C)(C)OC1CNC(=O)[C@H](Nc2ncc3cc4n(c3n2)C2(CCCCC2)CNC4=O)C1. The third-order valence-corrected chi connectivity index (χ3v) is 13.0. The normalized spacial score (nSPS) is 24.7. The minimum atomic E-state index is -1.96. The van der Waals surface area contributed by atoms with Crippen LogP contribution in [-0.4, -0.2) is 59.9 Å². The largest absolute Gasteiger partial charge is 0.412 e. The van der Waals surface area contributed by atoms with Crippen molar-refractivity contribution in [3.8, 4) is 0 Å². The summed E-state index contributed by atoms with van der Waals surface area (Å²) in [4.78, 5) is 34.7. The quantitative estimate of drug-likeness (QED) is 0.557. The number of hydrogen-bond acceptors (Lipinski definition) is 6. The van der Waals surface area contributed by atoms with Crippen LogP contribution >= 0.6 is 0 Å². The van der Waals surface area contributed by atoms with Crippen LogP contribution in [0.4, 0.5) is 5.95 Å². The van der Waals surface area contributed by atoms with Crippen LogP contribution in [0, 0.1) is 0 Å². The molecular formula is C25H38N6O3Si. The van der Waals surface area contributed by atoms with Crippen molar-refractivity contribution < 1.29 is 14.0 Å². The van der Waals surface area contributed by atoms with Crippen molar-refractivity contribution in [1.29, 1.82) is 0 Å². The highest BCUT2D eigenvalue weighted by Crippen LogP contribution is 2.41. The van der Waals surface area contributed by atoms with Gasteiger partial charge in [-0.25, -0.2) is 4.98 Å². The monoisotopic (exact) mass is 498 g/mol. The summed E-state index contributed by atoms with van der Waals surface area (Å²) >= 11 is 0. The van der Waals surface area contributed by atoms with E-state index in [4.69, 9.17) is 9.41 Å². The molecule has 2 fully saturated rings. The Morgan fingerprint density at radius 1 is 1.17 bits per heavy atom. The molecule has 0 aromatic carbocycles. The lowest BCUT2D eigenvalue weighted by atomic mass is 9.80. The number of amides is 2. The first-order valence-corrected chi connectivity index (χ1v) is 15.8. The van der Waals surface area contributed by atoms with E-state index < -0.39 is 14.4 Å². The number of hydrogen-bond donors (Lipinski definition) is 3. The van der Waals surface area contributed by atoms with Gasteiger partial charge in [-0.05, 0) is 37.0 Å². The van der Waals surface area contributed by atoms with E-state index in [1.807, 2.05) is 6.07 Å². The highest BCUT2D eigenvalue weighted by Gasteiger charge is 2.43. The van der Waals surface area contributed by atoms with E-state index in [0.717, 1.165) is 36.7 Å². The molecule has 1 saturated heterocycles. The Hall–Kier alpha value is -2.46. The molecular weight excluding hydrogens is 460 g/mol. The maximum absolute atomic E-state index is 12.7. The van der Waals surface area contributed by atoms with Crippen LogP contribution in [0.5, 0.6) is 0 Å². The van der Waals surface area contributed by atoms with Crippen LogP contribution in [0.15, 0.2) is 12.3 Å². The van der Waals surface area contributed by atoms with Gasteiger partial charge in [0.2, 0.25) is 11.9 Å². The maximum atomic E-state index is 12.7. The summed E-state index contributed by atoms with van der Waals surface area (Å²) in [6.07, 6.45) is 7.82. The summed E-state index contributed by atoms with van der Waals surface area (Å²) in [5, 5.41) is 10.3. The third-order valence-electron chi connectivity index (χ3n) is 8.50. The fourth-order valence-corrected chi connectivity index (χ4v) is 6.85. The zero-order valence-corrected chi connectivity index (χ0v) is 22.5. The van der Waals surface area contributed by atoms with Gasteiger partial charge in [-0.3, -0.25) is 9.59 Å². The van der Waals surface area contributed by atoms with Crippen LogP contribution < -0.4 is 16.0 Å². The van der Waals surface area contributed by atoms with Gasteiger partial charge in [-0.15, -0.1) is 0 Å². The molecule has 5 rings (SSSR count). The maximum Gasteiger partial charge on any atom is 0.268 e. The van der Waals surface area contributed by atoms with Gasteiger partial charge in [0, 0.05) is 31.1 Å². The van der Waals surface area contributed by atoms with Gasteiger partial charge in [-0.1, -0.05) is 40.0 Å². The van der Waals surface area contributed by atoms with E-state index in [0.29, 0.717) is 31.2 Å². The van der Waals surface area contributed by atoms with Gasteiger partial charge in [0.15, 0.2) is 8.32 Å². The smallest absolute Gasteiger partial charge is 0.268 e. The van der Waals surface area contributed by atoms with Crippen molar-refractivity contribution in [2.45, 2.75) is 95.1 Å². The van der Waals surface area contributed by atoms with E-state index in [9.17, 15) is 9.59 Å². The molecule has 4 heterocycles. The highest BCUT2D eigenvalue weighted by atomic mass is 28.4. The molecule has 1 spiro atoms. The Morgan fingerprint density at radius 3 is 2.63 bits per heavy atom. The fourth-order valence-electron chi connectivity index (χ4n) is 5.48. The number of aromatic nitrogens is 3. The van der Waals surface area contributed by atoms with Crippen LogP contribution in [-0.2, 0) is 14.8 Å². The molecule has 3 aliphatic rings. The lowest BCUT2D eigenvalue weighted by Gasteiger charge is -2.43. The Bertz CT molecular complexity index is 1150. The van der Waals surface area contributed by atoms with E-state index >= 15 is 0 Å². The van der Waals surface area contributed by atoms with Gasteiger partial charge in [0.05, 0.1) is 11.6 Å². The molecule has 2 amide bonds. The fraction of sp³-hybridized carbons (Fsp3) is 0.680. The number of rotatable bonds is 4. The Kier molecular flexibility index (Phi) is 5.94. The minimum Gasteiger partial charge on any atom is -0.412 e. The predicted molar refractivity (Wildman–Crippen MR) is 138 cm³/mol. The second kappa shape index (κ2) is 8.58. The summed E-state index contributed by atoms with van der Waals surface area (Å²) in [7, 11) is -1.96. The molecule has 2 aliphatic heterocycles. The second-order valence-corrected chi connectivity index (χ2v) is 16.7. The summed E-state index contributed by atoms with van der Waals surface area (Å²) in [5.74, 6) is 0.276. The lowest BCUT2D eigenvalue weighted by Crippen LogP contribution is -2.55. The zero-order chi connectivity index (χ0) is 25.0. The number of piperidine rings is 1. The summed E-state index contributed by atoms with van der Waals surface area (Å²) in [6, 6.07) is 1.42. The molecule has 1 aliphatic carbocycles. The van der Waals surface area contributed by atoms with Gasteiger partial charge in [-0.2, -0.15) is 4.98 Å². The van der Waals surface area contributed by atoms with Crippen molar-refractivity contribution in [3.63, 3.8) is 0 Å². The number of fused-ring (bicyclic) bond motifs is 4. The Balaban J connectivity index is 1.41. The molecule has 0 bridgehead atoms. The summed E-state index contributed by atoms with van der Waals surface area (Å²) in [5.41, 5.74) is 1.27. The standard InChI is InChI=1S/C25H38N6O3Si/c1-24(2,3)35(4,5)34-17-12-18(21(32)26-14-17)29-23-27-13-16-11-19-22(33)28-15-25(9-7-6-8-10-25)31(19)20(16)30-23/h11,13,17-18H,6-10,12,14-15H2,1-5H3,(H,26,32)(H,28,33)(H,27,29,30)/t17?,18-/m1/s1. The molecule has 190 valence electrons. The van der Waals surface area contributed by atoms with Crippen LogP contribution in [0.3, 0.4) is 0 Å². The highest BCUT2D eigenvalue weighted by molar-refractivity contribution is 6.74. The molecule has 35 heavy (non-hydrogen) atoms. The van der Waals surface area contributed by atoms with Crippen molar-refractivity contribution in [3.05, 3.63) is 18.0 Å². The minimum absolute atomic E-state index is 0.0508. The number of carbonyl (C=O) groups is 2. The van der Waals surface area contributed by atoms with Crippen molar-refractivity contribution in [2.75, 3.05) is 18.4 Å². The average Bonchev–Trinajstić information content (AvgIpc) is 3.19. The first kappa shape index (κ1) is 24.2. The first-order valence-electron chi connectivity index (χ1n) is 12.9. The zero-order valence-electron chi connectivity index (χ0n) is 21.5.